The van der Waals surface area contributed by atoms with E-state index in [9.17, 15) is 19.8 Å². The molecule has 2 N–H and O–H groups in total. The normalized spacial score (nSPS) is 17.8. The van der Waals surface area contributed by atoms with Gasteiger partial charge >= 0.3 is 0 Å². The monoisotopic (exact) mass is 597 g/mol. The van der Waals surface area contributed by atoms with E-state index >= 15 is 8.78 Å². The van der Waals surface area contributed by atoms with Crippen molar-refractivity contribution >= 4 is 40.6 Å². The first-order valence-corrected chi connectivity index (χ1v) is 13.7. The first-order chi connectivity index (χ1) is 19.8. The number of aliphatic hydroxyl groups excluding tert-OH is 1. The lowest BCUT2D eigenvalue weighted by molar-refractivity contribution is -0.140. The van der Waals surface area contributed by atoms with Crippen molar-refractivity contribution in [2.45, 2.75) is 45.5 Å². The number of phenolic OH excluding ortho intramolecular Hbond substituents is 1. The Morgan fingerprint density at radius 2 is 1.95 bits per heavy atom. The Kier molecular flexibility index (Phi) is 7.44. The zero-order valence-electron chi connectivity index (χ0n) is 23.5. The fourth-order valence-electron chi connectivity index (χ4n) is 5.40. The number of aromatic hydroxyl groups is 1. The average Bonchev–Trinajstić information content (AvgIpc) is 2.93. The van der Waals surface area contributed by atoms with Crippen LogP contribution < -0.4 is 9.80 Å². The van der Waals surface area contributed by atoms with Crippen molar-refractivity contribution < 1.29 is 28.6 Å². The second kappa shape index (κ2) is 10.6. The Bertz CT molecular complexity index is 1630. The zero-order valence-corrected chi connectivity index (χ0v) is 24.3. The number of aromatic nitrogens is 2. The molecule has 0 radical (unpaired) electrons. The van der Waals surface area contributed by atoms with Crippen molar-refractivity contribution in [1.29, 1.82) is 0 Å². The molecular formula is C30H30ClF2N5O4. The van der Waals surface area contributed by atoms with Crippen molar-refractivity contribution in [1.82, 2.24) is 14.9 Å². The molecule has 1 atom stereocenters. The van der Waals surface area contributed by atoms with Crippen LogP contribution in [0.2, 0.25) is 5.02 Å². The van der Waals surface area contributed by atoms with Gasteiger partial charge in [0.1, 0.15) is 11.6 Å². The van der Waals surface area contributed by atoms with Crippen LogP contribution in [-0.4, -0.2) is 68.4 Å². The van der Waals surface area contributed by atoms with Gasteiger partial charge in [0.2, 0.25) is 12.1 Å². The lowest BCUT2D eigenvalue weighted by atomic mass is 9.94. The van der Waals surface area contributed by atoms with Gasteiger partial charge in [-0.05, 0) is 55.2 Å². The molecule has 12 heteroatoms. The summed E-state index contributed by atoms with van der Waals surface area (Å²) in [6, 6.07) is 5.63. The minimum absolute atomic E-state index is 0.0510. The fourth-order valence-corrected chi connectivity index (χ4v) is 5.64. The van der Waals surface area contributed by atoms with Gasteiger partial charge in [0.05, 0.1) is 53.0 Å². The Hall–Kier alpha value is -4.09. The second-order valence-corrected chi connectivity index (χ2v) is 11.4. The van der Waals surface area contributed by atoms with Crippen LogP contribution in [0.25, 0.3) is 11.3 Å². The van der Waals surface area contributed by atoms with E-state index in [0.29, 0.717) is 22.5 Å². The molecule has 2 aliphatic rings. The lowest BCUT2D eigenvalue weighted by Gasteiger charge is -2.49. The van der Waals surface area contributed by atoms with E-state index in [-0.39, 0.29) is 52.5 Å². The van der Waals surface area contributed by atoms with Crippen molar-refractivity contribution in [3.8, 4) is 17.0 Å². The highest BCUT2D eigenvalue weighted by atomic mass is 35.5. The van der Waals surface area contributed by atoms with Crippen LogP contribution in [0, 0.1) is 19.7 Å². The summed E-state index contributed by atoms with van der Waals surface area (Å²) in [5.74, 6) is -2.63. The molecule has 3 aromatic rings. The van der Waals surface area contributed by atoms with Crippen molar-refractivity contribution in [2.75, 3.05) is 29.4 Å². The maximum atomic E-state index is 15.8. The number of halogens is 3. The summed E-state index contributed by atoms with van der Waals surface area (Å²) in [7, 11) is 0. The largest absolute Gasteiger partial charge is 0.507 e. The van der Waals surface area contributed by atoms with E-state index in [4.69, 9.17) is 11.6 Å². The maximum absolute atomic E-state index is 15.8. The number of hydrogen-bond donors (Lipinski definition) is 2. The van der Waals surface area contributed by atoms with Gasteiger partial charge in [0.15, 0.2) is 11.5 Å². The van der Waals surface area contributed by atoms with Crippen LogP contribution >= 0.6 is 11.6 Å². The molecular weight excluding hydrogens is 568 g/mol. The summed E-state index contributed by atoms with van der Waals surface area (Å²) in [6.45, 7) is 9.56. The van der Waals surface area contributed by atoms with Crippen LogP contribution in [0.1, 0.15) is 36.6 Å². The molecule has 0 aliphatic carbocycles. The number of alkyl halides is 1. The summed E-state index contributed by atoms with van der Waals surface area (Å²) in [5.41, 5.74) is -0.329. The number of anilines is 3. The van der Waals surface area contributed by atoms with Gasteiger partial charge in [0.25, 0.3) is 5.91 Å². The lowest BCUT2D eigenvalue weighted by Crippen LogP contribution is -2.67. The minimum Gasteiger partial charge on any atom is -0.507 e. The molecule has 42 heavy (non-hydrogen) atoms. The van der Waals surface area contributed by atoms with E-state index < -0.39 is 36.1 Å². The van der Waals surface area contributed by atoms with Gasteiger partial charge in [-0.15, -0.1) is 0 Å². The standard InChI is InChI=1S/C30H30ClF2N5O4/c1-6-21(39)36-12-30(33,13-36)14-37-20-11-18(31)24(22-19(32)8-7-17(5)26(22)40)35-27(20)38(29(42)28(37)41)25-16(4)9-10-34-23(25)15(2)3/h6-11,15,28,40-41H,1,12-14H2,2-5H3. The maximum Gasteiger partial charge on any atom is 0.282 e. The number of pyridine rings is 2. The molecule has 1 aromatic carbocycles. The number of rotatable bonds is 6. The number of benzene rings is 1. The zero-order chi connectivity index (χ0) is 30.7. The number of amides is 2. The number of fused-ring (bicyclic) bond motifs is 1. The van der Waals surface area contributed by atoms with Crippen LogP contribution in [0.15, 0.2) is 43.1 Å². The number of nitrogens with zero attached hydrogens (tertiary/aromatic N) is 5. The number of carbonyl (C=O) groups is 2. The number of phenols is 1. The third-order valence-electron chi connectivity index (χ3n) is 7.57. The first kappa shape index (κ1) is 29.4. The van der Waals surface area contributed by atoms with Crippen LogP contribution in [0.4, 0.5) is 26.0 Å². The topological polar surface area (TPSA) is 110 Å². The molecule has 1 fully saturated rings. The number of aliphatic hydroxyl groups is 1. The van der Waals surface area contributed by atoms with E-state index in [0.717, 1.165) is 11.0 Å². The molecule has 0 bridgehead atoms. The summed E-state index contributed by atoms with van der Waals surface area (Å²) >= 11 is 6.63. The van der Waals surface area contributed by atoms with E-state index in [1.165, 1.54) is 28.0 Å². The smallest absolute Gasteiger partial charge is 0.282 e. The Morgan fingerprint density at radius 3 is 2.60 bits per heavy atom. The third-order valence-corrected chi connectivity index (χ3v) is 7.86. The number of likely N-dealkylation sites (tertiary alicyclic amines) is 1. The SMILES string of the molecule is C=CC(=O)N1CC(F)(CN2c3cc(Cl)c(-c4c(F)ccc(C)c4O)nc3N(c3c(C)ccnc3C(C)C)C(=O)C2O)C1. The van der Waals surface area contributed by atoms with Gasteiger partial charge < -0.3 is 20.0 Å². The third kappa shape index (κ3) is 4.76. The molecule has 220 valence electrons. The van der Waals surface area contributed by atoms with Gasteiger partial charge in [-0.2, -0.15) is 0 Å². The molecule has 9 nitrogen and oxygen atoms in total. The van der Waals surface area contributed by atoms with E-state index in [1.807, 2.05) is 13.8 Å². The summed E-state index contributed by atoms with van der Waals surface area (Å²) in [5, 5.41) is 22.0. The van der Waals surface area contributed by atoms with E-state index in [2.05, 4.69) is 16.5 Å². The molecule has 2 aliphatic heterocycles. The Labute approximate surface area is 246 Å². The predicted octanol–water partition coefficient (Wildman–Crippen LogP) is 4.92. The summed E-state index contributed by atoms with van der Waals surface area (Å²) in [6.07, 6.45) is 0.841. The van der Waals surface area contributed by atoms with Crippen LogP contribution in [0.5, 0.6) is 5.75 Å². The van der Waals surface area contributed by atoms with Gasteiger partial charge in [-0.3, -0.25) is 19.5 Å². The number of aryl methyl sites for hydroxylation is 2. The Morgan fingerprint density at radius 1 is 1.26 bits per heavy atom. The molecule has 1 unspecified atom stereocenters. The van der Waals surface area contributed by atoms with Crippen molar-refractivity contribution in [3.05, 3.63) is 70.8 Å². The molecule has 2 amide bonds. The van der Waals surface area contributed by atoms with Gasteiger partial charge in [-0.25, -0.2) is 13.8 Å². The van der Waals surface area contributed by atoms with Crippen molar-refractivity contribution in [3.63, 3.8) is 0 Å². The molecule has 0 spiro atoms. The molecule has 1 saturated heterocycles. The highest BCUT2D eigenvalue weighted by Crippen LogP contribution is 2.47. The first-order valence-electron chi connectivity index (χ1n) is 13.3. The second-order valence-electron chi connectivity index (χ2n) is 11.0. The van der Waals surface area contributed by atoms with Gasteiger partial charge in [0, 0.05) is 6.20 Å². The highest BCUT2D eigenvalue weighted by molar-refractivity contribution is 6.33. The minimum atomic E-state index is -1.96. The summed E-state index contributed by atoms with van der Waals surface area (Å²) in [4.78, 5) is 38.6. The number of carbonyl (C=O) groups excluding carboxylic acids is 2. The molecule has 0 saturated carbocycles. The molecule has 2 aromatic heterocycles. The van der Waals surface area contributed by atoms with E-state index in [1.54, 1.807) is 26.1 Å². The quantitative estimate of drug-likeness (QED) is 0.388. The number of hydrogen-bond acceptors (Lipinski definition) is 7. The van der Waals surface area contributed by atoms with Crippen LogP contribution in [-0.2, 0) is 9.59 Å². The highest BCUT2D eigenvalue weighted by Gasteiger charge is 2.50. The Balaban J connectivity index is 1.73. The van der Waals surface area contributed by atoms with Crippen molar-refractivity contribution in [2.24, 2.45) is 0 Å². The van der Waals surface area contributed by atoms with Gasteiger partial charge in [-0.1, -0.05) is 38.1 Å². The average molecular weight is 598 g/mol. The van der Waals surface area contributed by atoms with Crippen LogP contribution in [0.3, 0.4) is 0 Å². The molecule has 5 rings (SSSR count). The fraction of sp³-hybridized carbons (Fsp3) is 0.333. The predicted molar refractivity (Wildman–Crippen MR) is 155 cm³/mol. The molecule has 4 heterocycles. The summed E-state index contributed by atoms with van der Waals surface area (Å²) < 4.78 is 30.9.